The van der Waals surface area contributed by atoms with Crippen LogP contribution in [0.3, 0.4) is 0 Å². The van der Waals surface area contributed by atoms with Crippen LogP contribution in [-0.2, 0) is 32.6 Å². The maximum Gasteiger partial charge on any atom is 0.331 e. The molecule has 0 saturated carbocycles. The fraction of sp³-hybridized carbons (Fsp3) is 0.370. The van der Waals surface area contributed by atoms with E-state index in [4.69, 9.17) is 12.3 Å². The second-order valence-corrected chi connectivity index (χ2v) is 8.97. The van der Waals surface area contributed by atoms with E-state index in [0.29, 0.717) is 43.9 Å². The van der Waals surface area contributed by atoms with Crippen LogP contribution in [0.15, 0.2) is 58.1 Å². The Bertz CT molecular complexity index is 1310. The van der Waals surface area contributed by atoms with Gasteiger partial charge in [0.1, 0.15) is 0 Å². The van der Waals surface area contributed by atoms with Crippen molar-refractivity contribution in [3.05, 3.63) is 109 Å². The molecular formula is C27H31N5O2. The summed E-state index contributed by atoms with van der Waals surface area (Å²) in [6.07, 6.45) is 2.29. The van der Waals surface area contributed by atoms with Crippen molar-refractivity contribution in [3.63, 3.8) is 0 Å². The predicted molar refractivity (Wildman–Crippen MR) is 134 cm³/mol. The number of aromatic nitrogens is 2. The third-order valence-electron chi connectivity index (χ3n) is 6.43. The first-order valence-electron chi connectivity index (χ1n) is 11.8. The van der Waals surface area contributed by atoms with Crippen molar-refractivity contribution >= 4 is 5.69 Å². The van der Waals surface area contributed by atoms with Crippen molar-refractivity contribution in [2.45, 2.75) is 52.4 Å². The van der Waals surface area contributed by atoms with Crippen molar-refractivity contribution in [3.8, 4) is 0 Å². The molecule has 7 nitrogen and oxygen atoms in total. The number of unbranched alkanes of at least 4 members (excludes halogenated alkanes) is 1. The Morgan fingerprint density at radius 2 is 1.79 bits per heavy atom. The molecular weight excluding hydrogens is 426 g/mol. The van der Waals surface area contributed by atoms with Gasteiger partial charge in [-0.25, -0.2) is 9.64 Å². The summed E-state index contributed by atoms with van der Waals surface area (Å²) in [5.41, 5.74) is 10.5. The van der Waals surface area contributed by atoms with E-state index in [0.717, 1.165) is 41.8 Å². The van der Waals surface area contributed by atoms with Crippen molar-refractivity contribution in [2.24, 2.45) is 5.73 Å². The molecule has 2 N–H and O–H groups in total. The first-order valence-corrected chi connectivity index (χ1v) is 11.8. The van der Waals surface area contributed by atoms with Crippen LogP contribution in [0.1, 0.15) is 40.8 Å². The lowest BCUT2D eigenvalue weighted by Crippen LogP contribution is -2.47. The summed E-state index contributed by atoms with van der Waals surface area (Å²) >= 11 is 0. The molecule has 7 heteroatoms. The second kappa shape index (κ2) is 10.6. The SMILES string of the molecule is [C-]#[N+]c1cccc(CN2CCc3c(c(=O)n(Cc4ccc(C)cc4)c(=O)n3CCCCN)C2)c1. The lowest BCUT2D eigenvalue weighted by Gasteiger charge is -2.30. The molecule has 0 aliphatic carbocycles. The van der Waals surface area contributed by atoms with Crippen molar-refractivity contribution in [1.29, 1.82) is 0 Å². The highest BCUT2D eigenvalue weighted by atomic mass is 16.2. The first-order chi connectivity index (χ1) is 16.5. The highest BCUT2D eigenvalue weighted by molar-refractivity contribution is 5.46. The zero-order chi connectivity index (χ0) is 24.1. The van der Waals surface area contributed by atoms with Crippen molar-refractivity contribution in [1.82, 2.24) is 14.0 Å². The molecule has 0 atom stereocenters. The Kier molecular flexibility index (Phi) is 7.41. The summed E-state index contributed by atoms with van der Waals surface area (Å²) in [5, 5.41) is 0. The minimum Gasteiger partial charge on any atom is -0.330 e. The average Bonchev–Trinajstić information content (AvgIpc) is 2.85. The maximum atomic E-state index is 13.5. The number of hydrogen-bond donors (Lipinski definition) is 1. The number of benzene rings is 2. The maximum absolute atomic E-state index is 13.5. The monoisotopic (exact) mass is 457 g/mol. The van der Waals surface area contributed by atoms with E-state index in [1.54, 1.807) is 10.6 Å². The average molecular weight is 458 g/mol. The minimum atomic E-state index is -0.237. The summed E-state index contributed by atoms with van der Waals surface area (Å²) in [6, 6.07) is 15.5. The zero-order valence-electron chi connectivity index (χ0n) is 19.7. The quantitative estimate of drug-likeness (QED) is 0.416. The number of nitrogens with two attached hydrogens (primary N) is 1. The lowest BCUT2D eigenvalue weighted by atomic mass is 10.0. The second-order valence-electron chi connectivity index (χ2n) is 8.97. The summed E-state index contributed by atoms with van der Waals surface area (Å²) in [6.45, 7) is 12.6. The van der Waals surface area contributed by atoms with Gasteiger partial charge in [0.05, 0.1) is 18.7 Å². The number of rotatable bonds is 8. The number of aryl methyl sites for hydroxylation is 1. The van der Waals surface area contributed by atoms with E-state index < -0.39 is 0 Å². The van der Waals surface area contributed by atoms with Gasteiger partial charge in [0.25, 0.3) is 5.56 Å². The van der Waals surface area contributed by atoms with E-state index in [2.05, 4.69) is 9.74 Å². The number of hydrogen-bond acceptors (Lipinski definition) is 4. The van der Waals surface area contributed by atoms with Gasteiger partial charge in [0.2, 0.25) is 0 Å². The lowest BCUT2D eigenvalue weighted by molar-refractivity contribution is 0.235. The molecule has 1 aliphatic heterocycles. The van der Waals surface area contributed by atoms with E-state index in [9.17, 15) is 9.59 Å². The van der Waals surface area contributed by atoms with Gasteiger partial charge < -0.3 is 5.73 Å². The molecule has 4 rings (SSSR count). The molecule has 0 radical (unpaired) electrons. The zero-order valence-corrected chi connectivity index (χ0v) is 19.7. The Labute approximate surface area is 199 Å². The standard InChI is InChI=1S/C27H31N5O2/c1-20-8-10-21(11-9-20)18-32-26(33)24-19-30(17-22-6-5-7-23(16-22)29-2)15-12-25(24)31(27(32)34)14-4-3-13-28/h5-11,16H,3-4,12-15,17-19,28H2,1H3. The molecule has 176 valence electrons. The molecule has 1 aliphatic rings. The molecule has 0 fully saturated rings. The number of nitrogens with zero attached hydrogens (tertiary/aromatic N) is 4. The van der Waals surface area contributed by atoms with Gasteiger partial charge in [0, 0.05) is 38.3 Å². The normalized spacial score (nSPS) is 13.4. The molecule has 0 bridgehead atoms. The Hall–Kier alpha value is -3.47. The molecule has 34 heavy (non-hydrogen) atoms. The summed E-state index contributed by atoms with van der Waals surface area (Å²) in [7, 11) is 0. The van der Waals surface area contributed by atoms with E-state index >= 15 is 0 Å². The van der Waals surface area contributed by atoms with Crippen LogP contribution < -0.4 is 17.0 Å². The largest absolute Gasteiger partial charge is 0.331 e. The molecule has 0 saturated heterocycles. The van der Waals surface area contributed by atoms with Gasteiger partial charge in [-0.3, -0.25) is 18.8 Å². The van der Waals surface area contributed by atoms with Crippen LogP contribution in [0, 0.1) is 13.5 Å². The summed E-state index contributed by atoms with van der Waals surface area (Å²) < 4.78 is 3.19. The highest BCUT2D eigenvalue weighted by Crippen LogP contribution is 2.20. The van der Waals surface area contributed by atoms with Crippen LogP contribution >= 0.6 is 0 Å². The van der Waals surface area contributed by atoms with Crippen LogP contribution in [-0.4, -0.2) is 27.1 Å². The van der Waals surface area contributed by atoms with Crippen LogP contribution in [0.4, 0.5) is 5.69 Å². The van der Waals surface area contributed by atoms with E-state index in [1.165, 1.54) is 4.57 Å². The van der Waals surface area contributed by atoms with Gasteiger partial charge >= 0.3 is 5.69 Å². The van der Waals surface area contributed by atoms with Gasteiger partial charge in [-0.15, -0.1) is 0 Å². The number of fused-ring (bicyclic) bond motifs is 1. The molecule has 2 heterocycles. The molecule has 2 aromatic carbocycles. The first kappa shape index (κ1) is 23.7. The van der Waals surface area contributed by atoms with Crippen LogP contribution in [0.5, 0.6) is 0 Å². The van der Waals surface area contributed by atoms with Gasteiger partial charge in [0.15, 0.2) is 5.69 Å². The van der Waals surface area contributed by atoms with Crippen molar-refractivity contribution < 1.29 is 0 Å². The molecule has 1 aromatic heterocycles. The molecule has 0 amide bonds. The Morgan fingerprint density at radius 1 is 1.00 bits per heavy atom. The highest BCUT2D eigenvalue weighted by Gasteiger charge is 2.25. The minimum absolute atomic E-state index is 0.199. The van der Waals surface area contributed by atoms with Crippen molar-refractivity contribution in [2.75, 3.05) is 13.1 Å². The third-order valence-corrected chi connectivity index (χ3v) is 6.43. The van der Waals surface area contributed by atoms with Crippen LogP contribution in [0.25, 0.3) is 4.85 Å². The molecule has 0 unspecified atom stereocenters. The third kappa shape index (κ3) is 5.19. The van der Waals surface area contributed by atoms with Gasteiger partial charge in [-0.05, 0) is 37.4 Å². The summed E-state index contributed by atoms with van der Waals surface area (Å²) in [5.74, 6) is 0. The van der Waals surface area contributed by atoms with Gasteiger partial charge in [-0.1, -0.05) is 54.1 Å². The Morgan fingerprint density at radius 3 is 2.53 bits per heavy atom. The fourth-order valence-corrected chi connectivity index (χ4v) is 4.59. The fourth-order valence-electron chi connectivity index (χ4n) is 4.59. The molecule has 0 spiro atoms. The topological polar surface area (TPSA) is 77.6 Å². The predicted octanol–water partition coefficient (Wildman–Crippen LogP) is 3.21. The van der Waals surface area contributed by atoms with Gasteiger partial charge in [-0.2, -0.15) is 0 Å². The summed E-state index contributed by atoms with van der Waals surface area (Å²) in [4.78, 5) is 32.7. The smallest absolute Gasteiger partial charge is 0.330 e. The molecule has 3 aromatic rings. The van der Waals surface area contributed by atoms with E-state index in [-0.39, 0.29) is 17.8 Å². The Balaban J connectivity index is 1.69. The van der Waals surface area contributed by atoms with Crippen LogP contribution in [0.2, 0.25) is 0 Å². The van der Waals surface area contributed by atoms with E-state index in [1.807, 2.05) is 49.4 Å².